The fourth-order valence-electron chi connectivity index (χ4n) is 1.25. The Labute approximate surface area is 85.2 Å². The molecule has 0 aliphatic rings. The van der Waals surface area contributed by atoms with Gasteiger partial charge in [-0.25, -0.2) is 0 Å². The average Bonchev–Trinajstić information content (AvgIpc) is 2.62. The topological polar surface area (TPSA) is 12.0 Å². The van der Waals surface area contributed by atoms with E-state index in [1.807, 2.05) is 18.4 Å². The van der Waals surface area contributed by atoms with Crippen LogP contribution in [-0.2, 0) is 6.42 Å². The summed E-state index contributed by atoms with van der Waals surface area (Å²) in [4.78, 5) is 2.98. The van der Waals surface area contributed by atoms with E-state index in [0.717, 1.165) is 0 Å². The molecule has 1 nitrogen and oxygen atoms in total. The molecule has 0 unspecified atom stereocenters. The maximum atomic E-state index is 3.26. The summed E-state index contributed by atoms with van der Waals surface area (Å²) in [6, 6.07) is 5.01. The third kappa shape index (κ3) is 3.12. The summed E-state index contributed by atoms with van der Waals surface area (Å²) < 4.78 is 0. The lowest BCUT2D eigenvalue weighted by Crippen LogP contribution is -2.10. The monoisotopic (exact) mass is 197 g/mol. The Hall–Kier alpha value is -0.340. The van der Waals surface area contributed by atoms with Crippen molar-refractivity contribution in [2.45, 2.75) is 39.2 Å². The third-order valence-electron chi connectivity index (χ3n) is 2.32. The van der Waals surface area contributed by atoms with Crippen LogP contribution in [0.3, 0.4) is 0 Å². The van der Waals surface area contributed by atoms with Gasteiger partial charge in [0, 0.05) is 15.8 Å². The van der Waals surface area contributed by atoms with Gasteiger partial charge in [-0.1, -0.05) is 13.3 Å². The lowest BCUT2D eigenvalue weighted by atomic mass is 10.2. The van der Waals surface area contributed by atoms with E-state index < -0.39 is 0 Å². The second-order valence-corrected chi connectivity index (χ2v) is 4.62. The van der Waals surface area contributed by atoms with Crippen molar-refractivity contribution in [1.29, 1.82) is 0 Å². The molecule has 0 spiro atoms. The summed E-state index contributed by atoms with van der Waals surface area (Å²) >= 11 is 1.94. The Bertz CT molecular complexity index is 242. The Balaban J connectivity index is 2.53. The van der Waals surface area contributed by atoms with Crippen LogP contribution in [0.2, 0.25) is 0 Å². The summed E-state index contributed by atoms with van der Waals surface area (Å²) in [7, 11) is 2.01. The molecular formula is C11H19NS. The Kier molecular flexibility index (Phi) is 4.46. The van der Waals surface area contributed by atoms with Gasteiger partial charge in [0.1, 0.15) is 0 Å². The first-order valence-corrected chi connectivity index (χ1v) is 5.85. The van der Waals surface area contributed by atoms with Crippen molar-refractivity contribution in [3.63, 3.8) is 0 Å². The van der Waals surface area contributed by atoms with Gasteiger partial charge in [-0.2, -0.15) is 0 Å². The van der Waals surface area contributed by atoms with Crippen LogP contribution in [0.5, 0.6) is 0 Å². The summed E-state index contributed by atoms with van der Waals surface area (Å²) in [5, 5.41) is 3.26. The van der Waals surface area contributed by atoms with Crippen LogP contribution in [-0.4, -0.2) is 7.05 Å². The molecule has 0 fully saturated rings. The van der Waals surface area contributed by atoms with Crippen molar-refractivity contribution in [2.75, 3.05) is 7.05 Å². The minimum absolute atomic E-state index is 0.500. The smallest absolute Gasteiger partial charge is 0.0383 e. The lowest BCUT2D eigenvalue weighted by Gasteiger charge is -2.05. The molecule has 1 heterocycles. The zero-order valence-corrected chi connectivity index (χ0v) is 9.58. The number of unbranched alkanes of at least 4 members (excludes halogenated alkanes) is 1. The number of hydrogen-bond acceptors (Lipinski definition) is 2. The fourth-order valence-corrected chi connectivity index (χ4v) is 2.37. The van der Waals surface area contributed by atoms with E-state index in [4.69, 9.17) is 0 Å². The van der Waals surface area contributed by atoms with Gasteiger partial charge in [-0.3, -0.25) is 0 Å². The van der Waals surface area contributed by atoms with E-state index in [9.17, 15) is 0 Å². The zero-order valence-electron chi connectivity index (χ0n) is 8.76. The number of aryl methyl sites for hydroxylation is 1. The van der Waals surface area contributed by atoms with Crippen LogP contribution < -0.4 is 5.32 Å². The van der Waals surface area contributed by atoms with E-state index in [1.54, 1.807) is 0 Å². The first-order valence-electron chi connectivity index (χ1n) is 5.03. The molecule has 1 aromatic heterocycles. The van der Waals surface area contributed by atoms with Gasteiger partial charge in [0.25, 0.3) is 0 Å². The predicted molar refractivity (Wildman–Crippen MR) is 60.4 cm³/mol. The molecule has 13 heavy (non-hydrogen) atoms. The number of rotatable bonds is 5. The van der Waals surface area contributed by atoms with Crippen LogP contribution in [0.4, 0.5) is 0 Å². The maximum absolute atomic E-state index is 3.26. The van der Waals surface area contributed by atoms with Crippen LogP contribution in [0.25, 0.3) is 0 Å². The first kappa shape index (κ1) is 10.7. The van der Waals surface area contributed by atoms with Crippen LogP contribution in [0.1, 0.15) is 42.5 Å². The van der Waals surface area contributed by atoms with Crippen LogP contribution in [0, 0.1) is 0 Å². The highest BCUT2D eigenvalue weighted by atomic mass is 32.1. The molecular weight excluding hydrogens is 178 g/mol. The standard InChI is InChI=1S/C11H19NS/c1-4-5-6-10-7-8-11(13-10)9(2)12-3/h7-9,12H,4-6H2,1-3H3/t9-/m1/s1. The summed E-state index contributed by atoms with van der Waals surface area (Å²) in [5.41, 5.74) is 0. The van der Waals surface area contributed by atoms with Gasteiger partial charge in [0.2, 0.25) is 0 Å². The minimum atomic E-state index is 0.500. The Morgan fingerprint density at radius 2 is 2.23 bits per heavy atom. The highest BCUT2D eigenvalue weighted by molar-refractivity contribution is 7.12. The molecule has 74 valence electrons. The van der Waals surface area contributed by atoms with Crippen molar-refractivity contribution < 1.29 is 0 Å². The summed E-state index contributed by atoms with van der Waals surface area (Å²) in [5.74, 6) is 0. The van der Waals surface area contributed by atoms with Gasteiger partial charge in [0.15, 0.2) is 0 Å². The summed E-state index contributed by atoms with van der Waals surface area (Å²) in [6.07, 6.45) is 3.85. The molecule has 1 atom stereocenters. The molecule has 0 aliphatic heterocycles. The molecule has 1 aromatic rings. The van der Waals surface area contributed by atoms with E-state index in [-0.39, 0.29) is 0 Å². The number of hydrogen-bond donors (Lipinski definition) is 1. The Morgan fingerprint density at radius 3 is 2.85 bits per heavy atom. The van der Waals surface area contributed by atoms with Gasteiger partial charge in [0.05, 0.1) is 0 Å². The zero-order chi connectivity index (χ0) is 9.68. The van der Waals surface area contributed by atoms with Crippen molar-refractivity contribution in [2.24, 2.45) is 0 Å². The molecule has 1 N–H and O–H groups in total. The van der Waals surface area contributed by atoms with Crippen molar-refractivity contribution in [3.8, 4) is 0 Å². The van der Waals surface area contributed by atoms with Gasteiger partial charge in [-0.05, 0) is 38.9 Å². The largest absolute Gasteiger partial charge is 0.313 e. The quantitative estimate of drug-likeness (QED) is 0.763. The highest BCUT2D eigenvalue weighted by Gasteiger charge is 2.05. The first-order chi connectivity index (χ1) is 6.27. The Morgan fingerprint density at radius 1 is 1.46 bits per heavy atom. The maximum Gasteiger partial charge on any atom is 0.0383 e. The van der Waals surface area contributed by atoms with Crippen molar-refractivity contribution in [3.05, 3.63) is 21.9 Å². The van der Waals surface area contributed by atoms with Crippen LogP contribution in [0.15, 0.2) is 12.1 Å². The normalized spacial score (nSPS) is 13.2. The highest BCUT2D eigenvalue weighted by Crippen LogP contribution is 2.23. The molecule has 0 aliphatic carbocycles. The van der Waals surface area contributed by atoms with Crippen molar-refractivity contribution in [1.82, 2.24) is 5.32 Å². The van der Waals surface area contributed by atoms with Gasteiger partial charge in [-0.15, -0.1) is 11.3 Å². The molecule has 0 bridgehead atoms. The lowest BCUT2D eigenvalue weighted by molar-refractivity contribution is 0.664. The second kappa shape index (κ2) is 5.40. The molecule has 0 amide bonds. The van der Waals surface area contributed by atoms with E-state index in [1.165, 1.54) is 29.0 Å². The average molecular weight is 197 g/mol. The van der Waals surface area contributed by atoms with Crippen LogP contribution >= 0.6 is 11.3 Å². The van der Waals surface area contributed by atoms with E-state index in [2.05, 4.69) is 31.3 Å². The number of thiophene rings is 1. The predicted octanol–water partition coefficient (Wildman–Crippen LogP) is 3.37. The van der Waals surface area contributed by atoms with Gasteiger partial charge < -0.3 is 5.32 Å². The molecule has 0 radical (unpaired) electrons. The molecule has 0 saturated heterocycles. The van der Waals surface area contributed by atoms with E-state index in [0.29, 0.717) is 6.04 Å². The van der Waals surface area contributed by atoms with Crippen molar-refractivity contribution >= 4 is 11.3 Å². The third-order valence-corrected chi connectivity index (χ3v) is 3.65. The molecule has 2 heteroatoms. The summed E-state index contributed by atoms with van der Waals surface area (Å²) in [6.45, 7) is 4.44. The van der Waals surface area contributed by atoms with Gasteiger partial charge >= 0.3 is 0 Å². The fraction of sp³-hybridized carbons (Fsp3) is 0.636. The van der Waals surface area contributed by atoms with E-state index >= 15 is 0 Å². The number of nitrogens with one attached hydrogen (secondary N) is 1. The second-order valence-electron chi connectivity index (χ2n) is 3.42. The minimum Gasteiger partial charge on any atom is -0.313 e. The molecule has 0 saturated carbocycles. The molecule has 0 aromatic carbocycles. The SMILES string of the molecule is CCCCc1ccc([C@@H](C)NC)s1. The molecule has 1 rings (SSSR count).